The van der Waals surface area contributed by atoms with E-state index in [9.17, 15) is 4.79 Å². The van der Waals surface area contributed by atoms with Crippen LogP contribution in [-0.4, -0.2) is 31.2 Å². The first-order chi connectivity index (χ1) is 12.7. The molecule has 0 saturated heterocycles. The summed E-state index contributed by atoms with van der Waals surface area (Å²) in [5, 5.41) is 4.29. The molecule has 0 atom stereocenters. The second-order valence-corrected chi connectivity index (χ2v) is 6.57. The fourth-order valence-corrected chi connectivity index (χ4v) is 3.24. The van der Waals surface area contributed by atoms with Crippen LogP contribution in [0.15, 0.2) is 47.4 Å². The Morgan fingerprint density at radius 3 is 2.81 bits per heavy atom. The Balaban J connectivity index is 1.51. The van der Waals surface area contributed by atoms with Crippen molar-refractivity contribution >= 4 is 12.2 Å². The molecule has 0 unspecified atom stereocenters. The van der Waals surface area contributed by atoms with Gasteiger partial charge in [-0.2, -0.15) is 5.10 Å². The van der Waals surface area contributed by atoms with Crippen molar-refractivity contribution in [1.82, 2.24) is 24.6 Å². The first kappa shape index (κ1) is 16.5. The molecular weight excluding hydrogens is 326 g/mol. The zero-order valence-electron chi connectivity index (χ0n) is 14.7. The predicted molar refractivity (Wildman–Crippen MR) is 101 cm³/mol. The lowest BCUT2D eigenvalue weighted by Crippen LogP contribution is -2.35. The molecule has 0 fully saturated rings. The molecule has 26 heavy (non-hydrogen) atoms. The highest BCUT2D eigenvalue weighted by Crippen LogP contribution is 2.16. The number of rotatable bonds is 4. The maximum absolute atomic E-state index is 12.5. The van der Waals surface area contributed by atoms with Crippen LogP contribution < -0.4 is 5.56 Å². The third kappa shape index (κ3) is 3.65. The number of nitrogens with zero attached hydrogens (tertiary/aromatic N) is 4. The summed E-state index contributed by atoms with van der Waals surface area (Å²) in [4.78, 5) is 22.3. The molecule has 0 amide bonds. The third-order valence-electron chi connectivity index (χ3n) is 4.56. The van der Waals surface area contributed by atoms with E-state index >= 15 is 0 Å². The second-order valence-electron chi connectivity index (χ2n) is 6.57. The molecule has 4 rings (SSSR count). The highest BCUT2D eigenvalue weighted by Gasteiger charge is 2.20. The molecule has 3 heterocycles. The van der Waals surface area contributed by atoms with Gasteiger partial charge in [0.2, 0.25) is 0 Å². The first-order valence-electron chi connectivity index (χ1n) is 8.73. The van der Waals surface area contributed by atoms with E-state index in [4.69, 9.17) is 0 Å². The van der Waals surface area contributed by atoms with Gasteiger partial charge in [-0.15, -0.1) is 0 Å². The monoisotopic (exact) mass is 347 g/mol. The number of fused-ring (bicyclic) bond motifs is 1. The van der Waals surface area contributed by atoms with E-state index in [1.54, 1.807) is 10.8 Å². The zero-order valence-corrected chi connectivity index (χ0v) is 14.7. The molecule has 0 spiro atoms. The lowest BCUT2D eigenvalue weighted by Gasteiger charge is -2.27. The van der Waals surface area contributed by atoms with Crippen molar-refractivity contribution in [1.29, 1.82) is 0 Å². The molecule has 0 bridgehead atoms. The van der Waals surface area contributed by atoms with Crippen LogP contribution >= 0.6 is 0 Å². The fraction of sp³-hybridized carbons (Fsp3) is 0.250. The molecule has 1 aliphatic rings. The standard InChI is InChI=1S/C20H21N5O/c1-24-11-9-16(23-24)7-8-19-21-18-10-12-25(14-17(18)20(26)22-19)13-15-5-3-2-4-6-15/h2-9,11H,10,12-14H2,1H3,(H,21,22,26)/b8-7+. The van der Waals surface area contributed by atoms with Gasteiger partial charge in [0.25, 0.3) is 5.56 Å². The Kier molecular flexibility index (Phi) is 4.50. The molecule has 1 aliphatic heterocycles. The van der Waals surface area contributed by atoms with Gasteiger partial charge in [0.05, 0.1) is 17.0 Å². The highest BCUT2D eigenvalue weighted by atomic mass is 16.1. The van der Waals surface area contributed by atoms with Crippen LogP contribution in [0.1, 0.15) is 28.3 Å². The lowest BCUT2D eigenvalue weighted by molar-refractivity contribution is 0.241. The summed E-state index contributed by atoms with van der Waals surface area (Å²) < 4.78 is 1.74. The number of hydrogen-bond acceptors (Lipinski definition) is 4. The van der Waals surface area contributed by atoms with Gasteiger partial charge in [-0.3, -0.25) is 14.4 Å². The largest absolute Gasteiger partial charge is 0.307 e. The molecule has 132 valence electrons. The topological polar surface area (TPSA) is 66.8 Å². The van der Waals surface area contributed by atoms with Crippen LogP contribution in [-0.2, 0) is 26.6 Å². The molecule has 0 aliphatic carbocycles. The fourth-order valence-electron chi connectivity index (χ4n) is 3.24. The number of benzene rings is 1. The van der Waals surface area contributed by atoms with Crippen molar-refractivity contribution in [2.45, 2.75) is 19.5 Å². The average molecular weight is 347 g/mol. The van der Waals surface area contributed by atoms with Crippen molar-refractivity contribution in [3.05, 3.63) is 81.3 Å². The molecule has 0 saturated carbocycles. The summed E-state index contributed by atoms with van der Waals surface area (Å²) in [5.41, 5.74) is 3.73. The van der Waals surface area contributed by atoms with E-state index in [1.165, 1.54) is 5.56 Å². The van der Waals surface area contributed by atoms with Crippen molar-refractivity contribution in [2.24, 2.45) is 7.05 Å². The number of hydrogen-bond donors (Lipinski definition) is 1. The van der Waals surface area contributed by atoms with E-state index in [0.29, 0.717) is 12.4 Å². The number of H-pyrrole nitrogens is 1. The SMILES string of the molecule is Cn1ccc(/C=C/c2nc3c(c(=O)[nH]2)CN(Cc2ccccc2)CC3)n1. The van der Waals surface area contributed by atoms with E-state index in [2.05, 4.69) is 32.1 Å². The van der Waals surface area contributed by atoms with Gasteiger partial charge in [0.1, 0.15) is 5.82 Å². The number of nitrogens with one attached hydrogen (secondary N) is 1. The van der Waals surface area contributed by atoms with Crippen LogP contribution in [0.5, 0.6) is 0 Å². The van der Waals surface area contributed by atoms with E-state index in [-0.39, 0.29) is 5.56 Å². The Hall–Kier alpha value is -2.99. The minimum absolute atomic E-state index is 0.0477. The van der Waals surface area contributed by atoms with Gasteiger partial charge in [0.15, 0.2) is 0 Å². The molecule has 1 aromatic carbocycles. The van der Waals surface area contributed by atoms with Crippen molar-refractivity contribution in [2.75, 3.05) is 6.54 Å². The molecule has 6 heteroatoms. The first-order valence-corrected chi connectivity index (χ1v) is 8.73. The second kappa shape index (κ2) is 7.09. The van der Waals surface area contributed by atoms with Gasteiger partial charge in [-0.25, -0.2) is 4.98 Å². The van der Waals surface area contributed by atoms with Gasteiger partial charge < -0.3 is 4.98 Å². The van der Waals surface area contributed by atoms with Gasteiger partial charge in [0, 0.05) is 39.3 Å². The Labute approximate surface area is 151 Å². The van der Waals surface area contributed by atoms with Crippen LogP contribution in [0.4, 0.5) is 0 Å². The van der Waals surface area contributed by atoms with Crippen molar-refractivity contribution < 1.29 is 0 Å². The highest BCUT2D eigenvalue weighted by molar-refractivity contribution is 5.64. The lowest BCUT2D eigenvalue weighted by atomic mass is 10.1. The predicted octanol–water partition coefficient (Wildman–Crippen LogP) is 2.23. The Morgan fingerprint density at radius 1 is 1.19 bits per heavy atom. The average Bonchev–Trinajstić information content (AvgIpc) is 3.07. The third-order valence-corrected chi connectivity index (χ3v) is 4.56. The molecular formula is C20H21N5O. The van der Waals surface area contributed by atoms with Crippen LogP contribution in [0, 0.1) is 0 Å². The van der Waals surface area contributed by atoms with Crippen LogP contribution in [0.3, 0.4) is 0 Å². The van der Waals surface area contributed by atoms with Crippen LogP contribution in [0.2, 0.25) is 0 Å². The van der Waals surface area contributed by atoms with Gasteiger partial charge in [-0.1, -0.05) is 30.3 Å². The van der Waals surface area contributed by atoms with E-state index < -0.39 is 0 Å². The quantitative estimate of drug-likeness (QED) is 0.786. The smallest absolute Gasteiger partial charge is 0.255 e. The van der Waals surface area contributed by atoms with Crippen molar-refractivity contribution in [3.8, 4) is 0 Å². The Bertz CT molecular complexity index is 987. The maximum Gasteiger partial charge on any atom is 0.255 e. The molecule has 0 radical (unpaired) electrons. The summed E-state index contributed by atoms with van der Waals surface area (Å²) in [7, 11) is 1.87. The maximum atomic E-state index is 12.5. The summed E-state index contributed by atoms with van der Waals surface area (Å²) in [6.07, 6.45) is 6.33. The van der Waals surface area contributed by atoms with Gasteiger partial charge >= 0.3 is 0 Å². The summed E-state index contributed by atoms with van der Waals surface area (Å²) in [5.74, 6) is 0.580. The molecule has 1 N–H and O–H groups in total. The minimum atomic E-state index is -0.0477. The van der Waals surface area contributed by atoms with Crippen LogP contribution in [0.25, 0.3) is 12.2 Å². The van der Waals surface area contributed by atoms with E-state index in [1.807, 2.05) is 43.6 Å². The van der Waals surface area contributed by atoms with Gasteiger partial charge in [-0.05, 0) is 23.8 Å². The normalized spacial score (nSPS) is 14.7. The minimum Gasteiger partial charge on any atom is -0.307 e. The number of aryl methyl sites for hydroxylation is 1. The number of aromatic nitrogens is 4. The Morgan fingerprint density at radius 2 is 2.04 bits per heavy atom. The summed E-state index contributed by atoms with van der Waals surface area (Å²) >= 11 is 0. The summed E-state index contributed by atoms with van der Waals surface area (Å²) in [6, 6.07) is 12.2. The number of aromatic amines is 1. The molecule has 2 aromatic heterocycles. The van der Waals surface area contributed by atoms with E-state index in [0.717, 1.165) is 36.5 Å². The van der Waals surface area contributed by atoms with Crippen molar-refractivity contribution in [3.63, 3.8) is 0 Å². The molecule has 3 aromatic rings. The summed E-state index contributed by atoms with van der Waals surface area (Å²) in [6.45, 7) is 2.39. The zero-order chi connectivity index (χ0) is 17.9. The molecule has 6 nitrogen and oxygen atoms in total.